The van der Waals surface area contributed by atoms with E-state index in [2.05, 4.69) is 21.3 Å². The van der Waals surface area contributed by atoms with Crippen molar-refractivity contribution >= 4 is 17.6 Å². The number of aromatic nitrogens is 1. The Hall–Kier alpha value is -2.61. The smallest absolute Gasteiger partial charge is 0.328 e. The summed E-state index contributed by atoms with van der Waals surface area (Å²) in [6.45, 7) is 1.05. The van der Waals surface area contributed by atoms with Crippen molar-refractivity contribution in [3.63, 3.8) is 0 Å². The van der Waals surface area contributed by atoms with Gasteiger partial charge in [0.15, 0.2) is 0 Å². The summed E-state index contributed by atoms with van der Waals surface area (Å²) in [6, 6.07) is 3.44. The third-order valence-electron chi connectivity index (χ3n) is 4.25. The number of carbonyl (C=O) groups is 2. The summed E-state index contributed by atoms with van der Waals surface area (Å²) in [5, 5.41) is 18.9. The van der Waals surface area contributed by atoms with Crippen molar-refractivity contribution < 1.29 is 24.5 Å². The van der Waals surface area contributed by atoms with Crippen molar-refractivity contribution in [2.75, 3.05) is 25.6 Å². The molecule has 8 heteroatoms. The summed E-state index contributed by atoms with van der Waals surface area (Å²) < 4.78 is 5.25. The Morgan fingerprint density at radius 2 is 2.00 bits per heavy atom. The van der Waals surface area contributed by atoms with Gasteiger partial charge in [-0.3, -0.25) is 4.98 Å². The van der Waals surface area contributed by atoms with Crippen LogP contribution in [-0.4, -0.2) is 59.9 Å². The molecule has 1 aromatic heterocycles. The van der Waals surface area contributed by atoms with Gasteiger partial charge in [-0.25, -0.2) is 9.59 Å². The molecule has 0 amide bonds. The molecule has 0 aromatic carbocycles. The number of ether oxygens (including phenoxy) is 1. The van der Waals surface area contributed by atoms with E-state index in [1.54, 1.807) is 13.3 Å². The van der Waals surface area contributed by atoms with E-state index in [1.165, 1.54) is 18.5 Å². The number of fused-ring (bicyclic) bond motifs is 1. The van der Waals surface area contributed by atoms with Gasteiger partial charge in [0, 0.05) is 36.8 Å². The highest BCUT2D eigenvalue weighted by atomic mass is 16.5. The molecule has 25 heavy (non-hydrogen) atoms. The first kappa shape index (κ1) is 18.7. The van der Waals surface area contributed by atoms with Crippen LogP contribution in [0.1, 0.15) is 12.8 Å². The second-order valence-corrected chi connectivity index (χ2v) is 6.01. The number of likely N-dealkylation sites (N-methyl/N-ethyl adjacent to an activating group) is 1. The van der Waals surface area contributed by atoms with Gasteiger partial charge in [-0.15, -0.1) is 0 Å². The molecule has 3 rings (SSSR count). The van der Waals surface area contributed by atoms with Crippen molar-refractivity contribution in [2.24, 2.45) is 5.92 Å². The first-order valence-corrected chi connectivity index (χ1v) is 8.02. The maximum absolute atomic E-state index is 9.55. The van der Waals surface area contributed by atoms with Gasteiger partial charge >= 0.3 is 11.9 Å². The summed E-state index contributed by atoms with van der Waals surface area (Å²) in [6.07, 6.45) is 7.48. The van der Waals surface area contributed by atoms with Gasteiger partial charge in [-0.1, -0.05) is 0 Å². The minimum atomic E-state index is -1.26. The summed E-state index contributed by atoms with van der Waals surface area (Å²) in [7, 11) is 3.71. The molecule has 8 nitrogen and oxygen atoms in total. The van der Waals surface area contributed by atoms with Gasteiger partial charge in [-0.05, 0) is 25.8 Å². The van der Waals surface area contributed by atoms with Crippen molar-refractivity contribution in [1.82, 2.24) is 10.3 Å². The Labute approximate surface area is 146 Å². The first-order chi connectivity index (χ1) is 12.0. The number of anilines is 1. The summed E-state index contributed by atoms with van der Waals surface area (Å²) in [5.74, 6) is -0.769. The molecule has 0 radical (unpaired) electrons. The predicted molar refractivity (Wildman–Crippen MR) is 91.9 cm³/mol. The highest BCUT2D eigenvalue weighted by Gasteiger charge is 2.51. The van der Waals surface area contributed by atoms with Crippen molar-refractivity contribution in [1.29, 1.82) is 0 Å². The molecule has 1 saturated carbocycles. The number of nitrogens with zero attached hydrogens (tertiary/aromatic N) is 2. The predicted octanol–water partition coefficient (Wildman–Crippen LogP) is 0.989. The SMILES string of the molecule is CNCC1CC2CC2N1c1cncc(OC)c1.O=C(O)/C=C/C(=O)O. The molecule has 2 fully saturated rings. The molecular weight excluding hydrogens is 326 g/mol. The molecule has 2 heterocycles. The Kier molecular flexibility index (Phi) is 6.35. The molecule has 3 unspecified atom stereocenters. The molecule has 2 aliphatic rings. The van der Waals surface area contributed by atoms with E-state index in [9.17, 15) is 9.59 Å². The number of nitrogens with one attached hydrogen (secondary N) is 1. The lowest BCUT2D eigenvalue weighted by atomic mass is 10.1. The Morgan fingerprint density at radius 3 is 2.56 bits per heavy atom. The molecule has 3 N–H and O–H groups in total. The van der Waals surface area contributed by atoms with Crippen LogP contribution in [-0.2, 0) is 9.59 Å². The number of hydrogen-bond acceptors (Lipinski definition) is 6. The summed E-state index contributed by atoms with van der Waals surface area (Å²) in [5.41, 5.74) is 1.20. The lowest BCUT2D eigenvalue weighted by Gasteiger charge is -2.29. The number of pyridine rings is 1. The van der Waals surface area contributed by atoms with E-state index in [4.69, 9.17) is 14.9 Å². The molecule has 0 bridgehead atoms. The minimum absolute atomic E-state index is 0.558. The molecule has 1 saturated heterocycles. The number of aliphatic carboxylic acids is 2. The van der Waals surface area contributed by atoms with E-state index in [1.807, 2.05) is 13.2 Å². The number of hydrogen-bond donors (Lipinski definition) is 3. The zero-order chi connectivity index (χ0) is 18.4. The summed E-state index contributed by atoms with van der Waals surface area (Å²) >= 11 is 0. The Balaban J connectivity index is 0.000000242. The summed E-state index contributed by atoms with van der Waals surface area (Å²) in [4.78, 5) is 25.9. The fraction of sp³-hybridized carbons (Fsp3) is 0.471. The van der Waals surface area contributed by atoms with Gasteiger partial charge in [0.1, 0.15) is 5.75 Å². The van der Waals surface area contributed by atoms with E-state index in [0.717, 1.165) is 24.3 Å². The van der Waals surface area contributed by atoms with Gasteiger partial charge in [0.25, 0.3) is 0 Å². The molecule has 136 valence electrons. The van der Waals surface area contributed by atoms with Crippen LogP contribution >= 0.6 is 0 Å². The Bertz CT molecular complexity index is 633. The lowest BCUT2D eigenvalue weighted by Crippen LogP contribution is -2.39. The van der Waals surface area contributed by atoms with E-state index in [-0.39, 0.29) is 0 Å². The van der Waals surface area contributed by atoms with E-state index < -0.39 is 11.9 Å². The number of methoxy groups -OCH3 is 1. The van der Waals surface area contributed by atoms with E-state index >= 15 is 0 Å². The second kappa shape index (κ2) is 8.48. The van der Waals surface area contributed by atoms with Crippen LogP contribution in [0, 0.1) is 5.92 Å². The number of carboxylic acids is 2. The molecule has 1 aliphatic carbocycles. The average molecular weight is 349 g/mol. The fourth-order valence-electron chi connectivity index (χ4n) is 3.18. The number of carboxylic acid groups (broad SMARTS) is 2. The first-order valence-electron chi connectivity index (χ1n) is 8.02. The molecular formula is C17H23N3O5. The van der Waals surface area contributed by atoms with Gasteiger partial charge in [0.05, 0.1) is 25.2 Å². The van der Waals surface area contributed by atoms with Crippen molar-refractivity contribution in [3.05, 3.63) is 30.6 Å². The Morgan fingerprint density at radius 1 is 1.32 bits per heavy atom. The third kappa shape index (κ3) is 5.18. The highest BCUT2D eigenvalue weighted by Crippen LogP contribution is 2.49. The average Bonchev–Trinajstić information content (AvgIpc) is 3.25. The normalized spacial score (nSPS) is 23.6. The largest absolute Gasteiger partial charge is 0.495 e. The van der Waals surface area contributed by atoms with E-state index in [0.29, 0.717) is 18.2 Å². The van der Waals surface area contributed by atoms with Gasteiger partial charge in [0.2, 0.25) is 0 Å². The van der Waals surface area contributed by atoms with Crippen molar-refractivity contribution in [2.45, 2.75) is 24.9 Å². The molecule has 3 atom stereocenters. The molecule has 1 aliphatic heterocycles. The quantitative estimate of drug-likeness (QED) is 0.652. The van der Waals surface area contributed by atoms with Crippen LogP contribution in [0.3, 0.4) is 0 Å². The monoisotopic (exact) mass is 349 g/mol. The van der Waals surface area contributed by atoms with Crippen LogP contribution < -0.4 is 15.0 Å². The zero-order valence-electron chi connectivity index (χ0n) is 14.3. The zero-order valence-corrected chi connectivity index (χ0v) is 14.3. The lowest BCUT2D eigenvalue weighted by molar-refractivity contribution is -0.134. The maximum atomic E-state index is 9.55. The number of rotatable bonds is 6. The highest BCUT2D eigenvalue weighted by molar-refractivity contribution is 5.89. The second-order valence-electron chi connectivity index (χ2n) is 6.01. The topological polar surface area (TPSA) is 112 Å². The van der Waals surface area contributed by atoms with Crippen LogP contribution in [0.25, 0.3) is 0 Å². The van der Waals surface area contributed by atoms with Crippen LogP contribution in [0.5, 0.6) is 5.75 Å². The van der Waals surface area contributed by atoms with Crippen LogP contribution in [0.2, 0.25) is 0 Å². The molecule has 1 aromatic rings. The fourth-order valence-corrected chi connectivity index (χ4v) is 3.18. The van der Waals surface area contributed by atoms with Crippen molar-refractivity contribution in [3.8, 4) is 5.75 Å². The third-order valence-corrected chi connectivity index (χ3v) is 4.25. The number of piperidine rings is 1. The minimum Gasteiger partial charge on any atom is -0.495 e. The van der Waals surface area contributed by atoms with Gasteiger partial charge in [-0.2, -0.15) is 0 Å². The van der Waals surface area contributed by atoms with Gasteiger partial charge < -0.3 is 25.2 Å². The van der Waals surface area contributed by atoms with Crippen LogP contribution in [0.15, 0.2) is 30.6 Å². The standard InChI is InChI=1S/C13H19N3O.C4H4O4/c1-14-6-10-3-9-4-13(9)16(10)11-5-12(17-2)8-15-7-11;5-3(6)1-2-4(7)8/h5,7-10,13-14H,3-4,6H2,1-2H3;1-2H,(H,5,6)(H,7,8)/b;2-1+. The maximum Gasteiger partial charge on any atom is 0.328 e. The van der Waals surface area contributed by atoms with Crippen LogP contribution in [0.4, 0.5) is 5.69 Å². The molecule has 0 spiro atoms.